The van der Waals surface area contributed by atoms with E-state index in [4.69, 9.17) is 0 Å². The zero-order chi connectivity index (χ0) is 17.2. The van der Waals surface area contributed by atoms with Crippen LogP contribution >= 0.6 is 0 Å². The van der Waals surface area contributed by atoms with Crippen LogP contribution in [0.4, 0.5) is 8.78 Å². The van der Waals surface area contributed by atoms with Gasteiger partial charge in [-0.3, -0.25) is 9.79 Å². The summed E-state index contributed by atoms with van der Waals surface area (Å²) in [5.74, 6) is -0.378. The Morgan fingerprint density at radius 1 is 1.38 bits per heavy atom. The molecule has 2 heterocycles. The van der Waals surface area contributed by atoms with Gasteiger partial charge >= 0.3 is 0 Å². The fraction of sp³-hybridized carbons (Fsp3) is 0.529. The maximum absolute atomic E-state index is 13.3. The van der Waals surface area contributed by atoms with E-state index in [1.807, 2.05) is 0 Å². The van der Waals surface area contributed by atoms with Crippen LogP contribution in [0.5, 0.6) is 0 Å². The molecule has 3 rings (SSSR count). The van der Waals surface area contributed by atoms with E-state index in [9.17, 15) is 13.6 Å². The maximum atomic E-state index is 13.3. The number of guanidine groups is 1. The van der Waals surface area contributed by atoms with Gasteiger partial charge in [0.1, 0.15) is 11.6 Å². The lowest BCUT2D eigenvalue weighted by atomic mass is 9.79. The third-order valence-electron chi connectivity index (χ3n) is 4.74. The normalized spacial score (nSPS) is 24.4. The number of aliphatic imine (C=N–C) groups is 1. The molecule has 0 aliphatic carbocycles. The summed E-state index contributed by atoms with van der Waals surface area (Å²) in [6.45, 7) is 2.60. The van der Waals surface area contributed by atoms with E-state index in [0.29, 0.717) is 31.0 Å². The Hall–Kier alpha value is -2.18. The Kier molecular flexibility index (Phi) is 4.69. The molecule has 2 N–H and O–H groups in total. The van der Waals surface area contributed by atoms with Crippen molar-refractivity contribution in [1.82, 2.24) is 15.5 Å². The second-order valence-electron chi connectivity index (χ2n) is 6.66. The van der Waals surface area contributed by atoms with Crippen molar-refractivity contribution in [3.8, 4) is 0 Å². The van der Waals surface area contributed by atoms with Crippen molar-refractivity contribution in [1.29, 1.82) is 0 Å². The Morgan fingerprint density at radius 3 is 2.75 bits per heavy atom. The largest absolute Gasteiger partial charge is 0.355 e. The van der Waals surface area contributed by atoms with E-state index in [-0.39, 0.29) is 11.3 Å². The molecule has 2 fully saturated rings. The topological polar surface area (TPSA) is 56.7 Å². The van der Waals surface area contributed by atoms with Crippen molar-refractivity contribution in [3.63, 3.8) is 0 Å². The Bertz CT molecular complexity index is 644. The summed E-state index contributed by atoms with van der Waals surface area (Å²) in [4.78, 5) is 18.0. The van der Waals surface area contributed by atoms with Gasteiger partial charge in [0.05, 0.1) is 0 Å². The SMILES string of the molecule is CN=C(NCc1cc(F)cc(F)c1)N1CCCC2(CNC(=O)C2)C1. The summed E-state index contributed by atoms with van der Waals surface area (Å²) in [6, 6.07) is 3.47. The van der Waals surface area contributed by atoms with Crippen LogP contribution in [0.25, 0.3) is 0 Å². The van der Waals surface area contributed by atoms with Crippen LogP contribution in [0.2, 0.25) is 0 Å². The number of amides is 1. The summed E-state index contributed by atoms with van der Waals surface area (Å²) in [6.07, 6.45) is 2.56. The van der Waals surface area contributed by atoms with Crippen molar-refractivity contribution in [2.24, 2.45) is 10.4 Å². The van der Waals surface area contributed by atoms with Crippen LogP contribution in [0.15, 0.2) is 23.2 Å². The van der Waals surface area contributed by atoms with Crippen molar-refractivity contribution in [2.45, 2.75) is 25.8 Å². The lowest BCUT2D eigenvalue weighted by Gasteiger charge is -2.40. The molecule has 1 atom stereocenters. The van der Waals surface area contributed by atoms with E-state index in [2.05, 4.69) is 20.5 Å². The number of hydrogen-bond acceptors (Lipinski definition) is 2. The molecule has 1 spiro atoms. The molecule has 130 valence electrons. The summed E-state index contributed by atoms with van der Waals surface area (Å²) >= 11 is 0. The van der Waals surface area contributed by atoms with Gasteiger partial charge < -0.3 is 15.5 Å². The molecule has 1 unspecified atom stereocenters. The molecule has 2 aliphatic rings. The molecule has 2 saturated heterocycles. The summed E-state index contributed by atoms with van der Waals surface area (Å²) in [5.41, 5.74) is 0.496. The first kappa shape index (κ1) is 16.7. The molecule has 1 aromatic rings. The van der Waals surface area contributed by atoms with Crippen molar-refractivity contribution in [2.75, 3.05) is 26.7 Å². The van der Waals surface area contributed by atoms with Crippen molar-refractivity contribution < 1.29 is 13.6 Å². The third-order valence-corrected chi connectivity index (χ3v) is 4.74. The lowest BCUT2D eigenvalue weighted by Crippen LogP contribution is -2.51. The summed E-state index contributed by atoms with van der Waals surface area (Å²) in [7, 11) is 1.69. The predicted molar refractivity (Wildman–Crippen MR) is 87.4 cm³/mol. The molecule has 0 radical (unpaired) electrons. The number of benzene rings is 1. The molecule has 0 saturated carbocycles. The highest BCUT2D eigenvalue weighted by atomic mass is 19.1. The summed E-state index contributed by atoms with van der Waals surface area (Å²) in [5, 5.41) is 6.08. The standard InChI is InChI=1S/C17H22F2N4O/c1-20-16(21-9-12-5-13(18)7-14(19)6-12)23-4-2-3-17(11-23)8-15(24)22-10-17/h5-7H,2-4,8-11H2,1H3,(H,20,21)(H,22,24). The van der Waals surface area contributed by atoms with Gasteiger partial charge in [0.25, 0.3) is 0 Å². The van der Waals surface area contributed by atoms with Crippen molar-refractivity contribution >= 4 is 11.9 Å². The summed E-state index contributed by atoms with van der Waals surface area (Å²) < 4.78 is 26.6. The molecule has 0 aromatic heterocycles. The van der Waals surface area contributed by atoms with E-state index >= 15 is 0 Å². The van der Waals surface area contributed by atoms with Crippen LogP contribution in [0.1, 0.15) is 24.8 Å². The molecule has 5 nitrogen and oxygen atoms in total. The molecule has 0 bridgehead atoms. The number of carbonyl (C=O) groups excluding carboxylic acids is 1. The van der Waals surface area contributed by atoms with Crippen LogP contribution in [-0.4, -0.2) is 43.4 Å². The molecule has 2 aliphatic heterocycles. The number of hydrogen-bond donors (Lipinski definition) is 2. The van der Waals surface area contributed by atoms with Gasteiger partial charge in [0, 0.05) is 51.1 Å². The van der Waals surface area contributed by atoms with E-state index in [1.165, 1.54) is 12.1 Å². The molecule has 24 heavy (non-hydrogen) atoms. The smallest absolute Gasteiger partial charge is 0.220 e. The second-order valence-corrected chi connectivity index (χ2v) is 6.66. The van der Waals surface area contributed by atoms with Crippen LogP contribution in [0.3, 0.4) is 0 Å². The molecule has 7 heteroatoms. The highest BCUT2D eigenvalue weighted by Gasteiger charge is 2.42. The van der Waals surface area contributed by atoms with Gasteiger partial charge in [0.2, 0.25) is 5.91 Å². The zero-order valence-corrected chi connectivity index (χ0v) is 13.7. The van der Waals surface area contributed by atoms with Crippen molar-refractivity contribution in [3.05, 3.63) is 35.4 Å². The molecule has 1 amide bonds. The Labute approximate surface area is 140 Å². The van der Waals surface area contributed by atoms with Gasteiger partial charge in [-0.15, -0.1) is 0 Å². The Balaban J connectivity index is 1.64. The monoisotopic (exact) mass is 336 g/mol. The maximum Gasteiger partial charge on any atom is 0.220 e. The van der Waals surface area contributed by atoms with E-state index < -0.39 is 11.6 Å². The highest BCUT2D eigenvalue weighted by molar-refractivity contribution is 5.81. The van der Waals surface area contributed by atoms with E-state index in [1.54, 1.807) is 7.05 Å². The van der Waals surface area contributed by atoms with Gasteiger partial charge in [-0.25, -0.2) is 8.78 Å². The van der Waals surface area contributed by atoms with Gasteiger partial charge in [-0.1, -0.05) is 0 Å². The number of likely N-dealkylation sites (tertiary alicyclic amines) is 1. The second kappa shape index (κ2) is 6.75. The minimum atomic E-state index is -0.589. The first-order valence-electron chi connectivity index (χ1n) is 8.17. The first-order chi connectivity index (χ1) is 11.5. The van der Waals surface area contributed by atoms with Crippen LogP contribution in [0, 0.1) is 17.0 Å². The number of nitrogens with one attached hydrogen (secondary N) is 2. The molecular formula is C17H22F2N4O. The number of carbonyl (C=O) groups is 1. The van der Waals surface area contributed by atoms with Gasteiger partial charge in [-0.2, -0.15) is 0 Å². The Morgan fingerprint density at radius 2 is 2.12 bits per heavy atom. The van der Waals surface area contributed by atoms with Crippen LogP contribution in [-0.2, 0) is 11.3 Å². The number of halogens is 2. The minimum Gasteiger partial charge on any atom is -0.355 e. The zero-order valence-electron chi connectivity index (χ0n) is 13.7. The average Bonchev–Trinajstić information content (AvgIpc) is 2.87. The highest BCUT2D eigenvalue weighted by Crippen LogP contribution is 2.35. The first-order valence-corrected chi connectivity index (χ1v) is 8.17. The quantitative estimate of drug-likeness (QED) is 0.638. The predicted octanol–water partition coefficient (Wildman–Crippen LogP) is 1.64. The lowest BCUT2D eigenvalue weighted by molar-refractivity contribution is -0.119. The number of nitrogens with zero attached hydrogens (tertiary/aromatic N) is 2. The number of piperidine rings is 1. The fourth-order valence-electron chi connectivity index (χ4n) is 3.66. The third kappa shape index (κ3) is 3.66. The molecule has 1 aromatic carbocycles. The minimum absolute atomic E-state index is 0.0298. The van der Waals surface area contributed by atoms with Gasteiger partial charge in [-0.05, 0) is 30.5 Å². The average molecular weight is 336 g/mol. The van der Waals surface area contributed by atoms with Crippen LogP contribution < -0.4 is 10.6 Å². The fourth-order valence-corrected chi connectivity index (χ4v) is 3.66. The van der Waals surface area contributed by atoms with E-state index in [0.717, 1.165) is 32.0 Å². The van der Waals surface area contributed by atoms with Gasteiger partial charge in [0.15, 0.2) is 5.96 Å². The number of rotatable bonds is 2. The molecular weight excluding hydrogens is 314 g/mol.